The van der Waals surface area contributed by atoms with E-state index < -0.39 is 0 Å². The van der Waals surface area contributed by atoms with Gasteiger partial charge in [0.2, 0.25) is 0 Å². The fourth-order valence-electron chi connectivity index (χ4n) is 2.49. The number of para-hydroxylation sites is 1. The summed E-state index contributed by atoms with van der Waals surface area (Å²) >= 11 is 5.92. The highest BCUT2D eigenvalue weighted by molar-refractivity contribution is 6.30. The van der Waals surface area contributed by atoms with Gasteiger partial charge >= 0.3 is 0 Å². The zero-order chi connectivity index (χ0) is 12.5. The van der Waals surface area contributed by atoms with Crippen LogP contribution in [-0.2, 0) is 0 Å². The topological polar surface area (TPSA) is 38.0 Å². The van der Waals surface area contributed by atoms with Gasteiger partial charge in [-0.15, -0.1) is 0 Å². The fraction of sp³-hybridized carbons (Fsp3) is 0.200. The van der Waals surface area contributed by atoms with Gasteiger partial charge in [-0.25, -0.2) is 0 Å². The van der Waals surface area contributed by atoms with Crippen LogP contribution >= 0.6 is 11.6 Å². The molecular weight excluding hydrogens is 244 g/mol. The first-order valence-electron chi connectivity index (χ1n) is 6.10. The zero-order valence-corrected chi connectivity index (χ0v) is 10.7. The molecule has 0 radical (unpaired) electrons. The van der Waals surface area contributed by atoms with Crippen molar-refractivity contribution in [2.24, 2.45) is 5.73 Å². The zero-order valence-electron chi connectivity index (χ0n) is 9.94. The summed E-state index contributed by atoms with van der Waals surface area (Å²) in [6, 6.07) is 16.5. The smallest absolute Gasteiger partial charge is 0.0532 e. The van der Waals surface area contributed by atoms with E-state index in [4.69, 9.17) is 17.3 Å². The van der Waals surface area contributed by atoms with Gasteiger partial charge in [0.15, 0.2) is 0 Å². The van der Waals surface area contributed by atoms with Gasteiger partial charge in [-0.2, -0.15) is 0 Å². The molecule has 18 heavy (non-hydrogen) atoms. The van der Waals surface area contributed by atoms with Crippen LogP contribution in [0.2, 0.25) is 5.02 Å². The Hall–Kier alpha value is -1.51. The van der Waals surface area contributed by atoms with Gasteiger partial charge < -0.3 is 11.1 Å². The van der Waals surface area contributed by atoms with Crippen LogP contribution in [0.25, 0.3) is 0 Å². The molecule has 92 valence electrons. The fourth-order valence-corrected chi connectivity index (χ4v) is 2.62. The van der Waals surface area contributed by atoms with Crippen LogP contribution in [0.15, 0.2) is 48.5 Å². The van der Waals surface area contributed by atoms with E-state index in [9.17, 15) is 0 Å². The summed E-state index contributed by atoms with van der Waals surface area (Å²) in [5.41, 5.74) is 9.80. The number of halogens is 1. The van der Waals surface area contributed by atoms with E-state index >= 15 is 0 Å². The van der Waals surface area contributed by atoms with Crippen molar-refractivity contribution in [1.29, 1.82) is 0 Å². The predicted octanol–water partition coefficient (Wildman–Crippen LogP) is 3.90. The van der Waals surface area contributed by atoms with Crippen LogP contribution in [0.1, 0.15) is 29.6 Å². The number of benzene rings is 2. The van der Waals surface area contributed by atoms with Crippen molar-refractivity contribution in [2.45, 2.75) is 18.5 Å². The predicted molar refractivity (Wildman–Crippen MR) is 75.8 cm³/mol. The summed E-state index contributed by atoms with van der Waals surface area (Å²) in [7, 11) is 0. The van der Waals surface area contributed by atoms with Crippen molar-refractivity contribution in [3.63, 3.8) is 0 Å². The molecule has 0 aromatic heterocycles. The first-order valence-corrected chi connectivity index (χ1v) is 6.48. The van der Waals surface area contributed by atoms with Gasteiger partial charge in [0, 0.05) is 16.8 Å². The maximum absolute atomic E-state index is 6.24. The lowest BCUT2D eigenvalue weighted by atomic mass is 9.90. The Balaban J connectivity index is 1.92. The molecule has 1 aliphatic rings. The third-order valence-corrected chi connectivity index (χ3v) is 3.70. The Bertz CT molecular complexity index is 551. The molecule has 0 fully saturated rings. The Morgan fingerprint density at radius 1 is 1.06 bits per heavy atom. The summed E-state index contributed by atoms with van der Waals surface area (Å²) < 4.78 is 0. The number of nitrogens with one attached hydrogen (secondary N) is 1. The molecule has 0 bridgehead atoms. The highest BCUT2D eigenvalue weighted by atomic mass is 35.5. The SMILES string of the molecule is NC1CC(c2ccc(Cl)cc2)Nc2ccccc21. The van der Waals surface area contributed by atoms with Crippen LogP contribution in [0.3, 0.4) is 0 Å². The molecule has 0 saturated carbocycles. The molecule has 2 unspecified atom stereocenters. The first kappa shape index (κ1) is 11.6. The lowest BCUT2D eigenvalue weighted by molar-refractivity contribution is 0.561. The molecular formula is C15H15ClN2. The van der Waals surface area contributed by atoms with E-state index in [2.05, 4.69) is 29.6 Å². The van der Waals surface area contributed by atoms with E-state index in [1.54, 1.807) is 0 Å². The van der Waals surface area contributed by atoms with Crippen LogP contribution < -0.4 is 11.1 Å². The quantitative estimate of drug-likeness (QED) is 0.814. The molecule has 3 rings (SSSR count). The van der Waals surface area contributed by atoms with Gasteiger partial charge in [0.25, 0.3) is 0 Å². The molecule has 2 aromatic carbocycles. The Labute approximate surface area is 112 Å². The Morgan fingerprint density at radius 3 is 2.56 bits per heavy atom. The van der Waals surface area contributed by atoms with Crippen LogP contribution in [-0.4, -0.2) is 0 Å². The molecule has 0 aliphatic carbocycles. The second-order valence-electron chi connectivity index (χ2n) is 4.68. The largest absolute Gasteiger partial charge is 0.378 e. The third kappa shape index (κ3) is 2.09. The lowest BCUT2D eigenvalue weighted by Crippen LogP contribution is -2.25. The molecule has 3 heteroatoms. The van der Waals surface area contributed by atoms with Crippen molar-refractivity contribution in [3.8, 4) is 0 Å². The molecule has 0 saturated heterocycles. The highest BCUT2D eigenvalue weighted by Gasteiger charge is 2.24. The number of anilines is 1. The monoisotopic (exact) mass is 258 g/mol. The molecule has 2 aromatic rings. The second-order valence-corrected chi connectivity index (χ2v) is 5.11. The minimum absolute atomic E-state index is 0.0862. The van der Waals surface area contributed by atoms with E-state index in [1.807, 2.05) is 24.3 Å². The molecule has 2 atom stereocenters. The maximum Gasteiger partial charge on any atom is 0.0532 e. The van der Waals surface area contributed by atoms with Crippen molar-refractivity contribution in [3.05, 3.63) is 64.7 Å². The molecule has 2 nitrogen and oxygen atoms in total. The van der Waals surface area contributed by atoms with Gasteiger partial charge in [0.05, 0.1) is 6.04 Å². The van der Waals surface area contributed by atoms with Gasteiger partial charge in [-0.1, -0.05) is 41.9 Å². The van der Waals surface area contributed by atoms with Crippen molar-refractivity contribution in [1.82, 2.24) is 0 Å². The van der Waals surface area contributed by atoms with E-state index in [1.165, 1.54) is 11.1 Å². The first-order chi connectivity index (χ1) is 8.74. The normalized spacial score (nSPS) is 22.1. The van der Waals surface area contributed by atoms with Crippen molar-refractivity contribution < 1.29 is 0 Å². The number of hydrogen-bond donors (Lipinski definition) is 2. The summed E-state index contributed by atoms with van der Waals surface area (Å²) in [5, 5.41) is 4.30. The van der Waals surface area contributed by atoms with Crippen molar-refractivity contribution >= 4 is 17.3 Å². The molecule has 1 aliphatic heterocycles. The average molecular weight is 259 g/mol. The maximum atomic E-state index is 6.24. The standard InChI is InChI=1S/C15H15ClN2/c16-11-7-5-10(6-8-11)15-9-13(17)12-3-1-2-4-14(12)18-15/h1-8,13,15,18H,9,17H2. The molecule has 0 amide bonds. The molecule has 0 spiro atoms. The van der Waals surface area contributed by atoms with Crippen LogP contribution in [0.5, 0.6) is 0 Å². The minimum Gasteiger partial charge on any atom is -0.378 e. The Morgan fingerprint density at radius 2 is 1.78 bits per heavy atom. The number of hydrogen-bond acceptors (Lipinski definition) is 2. The minimum atomic E-state index is 0.0862. The summed E-state index contributed by atoms with van der Waals surface area (Å²) in [6.45, 7) is 0. The Kier molecular flexibility index (Phi) is 2.98. The number of nitrogens with two attached hydrogens (primary N) is 1. The van der Waals surface area contributed by atoms with Crippen LogP contribution in [0, 0.1) is 0 Å². The van der Waals surface area contributed by atoms with E-state index in [-0.39, 0.29) is 12.1 Å². The third-order valence-electron chi connectivity index (χ3n) is 3.45. The van der Waals surface area contributed by atoms with E-state index in [0.717, 1.165) is 17.1 Å². The van der Waals surface area contributed by atoms with Gasteiger partial charge in [-0.3, -0.25) is 0 Å². The summed E-state index contributed by atoms with van der Waals surface area (Å²) in [4.78, 5) is 0. The average Bonchev–Trinajstić information content (AvgIpc) is 2.39. The number of rotatable bonds is 1. The second kappa shape index (κ2) is 4.63. The van der Waals surface area contributed by atoms with Gasteiger partial charge in [-0.05, 0) is 35.7 Å². The van der Waals surface area contributed by atoms with Gasteiger partial charge in [0.1, 0.15) is 0 Å². The lowest BCUT2D eigenvalue weighted by Gasteiger charge is -2.31. The molecule has 1 heterocycles. The summed E-state index contributed by atoms with van der Waals surface area (Å²) in [6.07, 6.45) is 0.901. The van der Waals surface area contributed by atoms with E-state index in [0.29, 0.717) is 0 Å². The highest BCUT2D eigenvalue weighted by Crippen LogP contribution is 2.37. The number of fused-ring (bicyclic) bond motifs is 1. The van der Waals surface area contributed by atoms with Crippen molar-refractivity contribution in [2.75, 3.05) is 5.32 Å². The van der Waals surface area contributed by atoms with Crippen LogP contribution in [0.4, 0.5) is 5.69 Å². The summed E-state index contributed by atoms with van der Waals surface area (Å²) in [5.74, 6) is 0. The molecule has 3 N–H and O–H groups in total.